The minimum Gasteiger partial charge on any atom is -0.339 e. The van der Waals surface area contributed by atoms with Crippen molar-refractivity contribution in [1.82, 2.24) is 29.4 Å². The van der Waals surface area contributed by atoms with E-state index in [0.717, 1.165) is 10.9 Å². The Morgan fingerprint density at radius 3 is 2.11 bits per heavy atom. The van der Waals surface area contributed by atoms with E-state index in [4.69, 9.17) is 0 Å². The summed E-state index contributed by atoms with van der Waals surface area (Å²) >= 11 is 0. The van der Waals surface area contributed by atoms with Gasteiger partial charge in [-0.25, -0.2) is 9.50 Å². The van der Waals surface area contributed by atoms with Crippen molar-refractivity contribution in [2.75, 3.05) is 26.2 Å². The quantitative estimate of drug-likeness (QED) is 0.611. The maximum Gasteiger partial charge on any atom is 0.453 e. The number of carbonyl (C=O) groups is 2. The third-order valence-electron chi connectivity index (χ3n) is 7.37. The summed E-state index contributed by atoms with van der Waals surface area (Å²) in [4.78, 5) is 36.7. The first-order valence-electron chi connectivity index (χ1n) is 12.5. The monoisotopic (exact) mass is 494 g/mol. The second kappa shape index (κ2) is 10.5. The molecule has 2 aromatic rings. The number of fused-ring (bicyclic) bond motifs is 1. The van der Waals surface area contributed by atoms with Crippen molar-refractivity contribution in [3.8, 4) is 0 Å². The van der Waals surface area contributed by atoms with Crippen LogP contribution in [0.4, 0.5) is 13.2 Å². The van der Waals surface area contributed by atoms with Crippen molar-refractivity contribution >= 4 is 17.6 Å². The van der Waals surface area contributed by atoms with Gasteiger partial charge in [0, 0.05) is 50.4 Å². The zero-order valence-corrected chi connectivity index (χ0v) is 20.4. The number of hydrogen-bond acceptors (Lipinski definition) is 5. The van der Waals surface area contributed by atoms with Gasteiger partial charge < -0.3 is 9.80 Å². The van der Waals surface area contributed by atoms with Crippen molar-refractivity contribution in [3.63, 3.8) is 0 Å². The second-order valence-electron chi connectivity index (χ2n) is 9.71. The van der Waals surface area contributed by atoms with E-state index in [1.807, 2.05) is 4.90 Å². The second-order valence-corrected chi connectivity index (χ2v) is 9.71. The molecular formula is C24H33F3N6O2. The van der Waals surface area contributed by atoms with Crippen molar-refractivity contribution in [1.29, 1.82) is 0 Å². The van der Waals surface area contributed by atoms with Crippen LogP contribution in [0.1, 0.15) is 74.1 Å². The van der Waals surface area contributed by atoms with Gasteiger partial charge >= 0.3 is 6.18 Å². The number of amides is 2. The molecule has 4 rings (SSSR count). The van der Waals surface area contributed by atoms with Gasteiger partial charge in [0.05, 0.1) is 0 Å². The van der Waals surface area contributed by atoms with Crippen molar-refractivity contribution in [2.24, 2.45) is 5.92 Å². The van der Waals surface area contributed by atoms with Gasteiger partial charge in [-0.1, -0.05) is 32.1 Å². The van der Waals surface area contributed by atoms with Gasteiger partial charge in [0.25, 0.3) is 11.6 Å². The molecule has 0 N–H and O–H groups in total. The number of hydrogen-bond donors (Lipinski definition) is 0. The highest BCUT2D eigenvalue weighted by Crippen LogP contribution is 2.28. The summed E-state index contributed by atoms with van der Waals surface area (Å²) in [5, 5.41) is 3.56. The van der Waals surface area contributed by atoms with Gasteiger partial charge in [0.2, 0.25) is 11.8 Å². The Balaban J connectivity index is 1.29. The van der Waals surface area contributed by atoms with Crippen molar-refractivity contribution < 1.29 is 22.8 Å². The summed E-state index contributed by atoms with van der Waals surface area (Å²) in [6, 6.07) is 0. The molecule has 0 bridgehead atoms. The highest BCUT2D eigenvalue weighted by atomic mass is 19.4. The van der Waals surface area contributed by atoms with Crippen LogP contribution in [0.25, 0.3) is 5.78 Å². The van der Waals surface area contributed by atoms with Gasteiger partial charge in [-0.05, 0) is 38.2 Å². The van der Waals surface area contributed by atoms with Crippen molar-refractivity contribution in [3.05, 3.63) is 22.8 Å². The van der Waals surface area contributed by atoms with E-state index < -0.39 is 12.0 Å². The first-order valence-corrected chi connectivity index (χ1v) is 12.5. The van der Waals surface area contributed by atoms with Crippen LogP contribution in [0.5, 0.6) is 0 Å². The van der Waals surface area contributed by atoms with Crippen LogP contribution >= 0.6 is 0 Å². The predicted octanol–water partition coefficient (Wildman–Crippen LogP) is 3.72. The number of rotatable bonds is 6. The summed E-state index contributed by atoms with van der Waals surface area (Å²) in [5.74, 6) is -0.514. The predicted molar refractivity (Wildman–Crippen MR) is 123 cm³/mol. The standard InChI is InChI=1S/C24H33F3N6O2/c1-16-19(17(2)33-23(28-16)29-22(30-33)24(25,26)27)9-11-21(35)32-14-12-31(13-15-32)20(34)10-8-18-6-4-3-5-7-18/h18H,3-15H2,1-2H3. The zero-order chi connectivity index (χ0) is 25.2. The number of nitrogens with zero attached hydrogens (tertiary/aromatic N) is 6. The molecule has 11 heteroatoms. The Morgan fingerprint density at radius 1 is 0.914 bits per heavy atom. The Hall–Kier alpha value is -2.72. The molecule has 2 aromatic heterocycles. The number of aryl methyl sites for hydroxylation is 2. The molecule has 2 aliphatic rings. The van der Waals surface area contributed by atoms with Gasteiger partial charge in [-0.2, -0.15) is 18.2 Å². The summed E-state index contributed by atoms with van der Waals surface area (Å²) in [5.41, 5.74) is 1.73. The van der Waals surface area contributed by atoms with E-state index in [9.17, 15) is 22.8 Å². The molecule has 0 aromatic carbocycles. The first kappa shape index (κ1) is 25.4. The fourth-order valence-electron chi connectivity index (χ4n) is 5.25. The summed E-state index contributed by atoms with van der Waals surface area (Å²) in [6.07, 6.45) is 3.79. The van der Waals surface area contributed by atoms with Crippen LogP contribution in [-0.4, -0.2) is 67.4 Å². The number of carbonyl (C=O) groups excluding carboxylic acids is 2. The SMILES string of the molecule is Cc1nc2nc(C(F)(F)F)nn2c(C)c1CCC(=O)N1CCN(C(=O)CCC2CCCCC2)CC1. The fraction of sp³-hybridized carbons (Fsp3) is 0.708. The number of alkyl halides is 3. The first-order chi connectivity index (χ1) is 16.6. The van der Waals surface area contributed by atoms with Crippen LogP contribution in [0, 0.1) is 19.8 Å². The zero-order valence-electron chi connectivity index (χ0n) is 20.4. The highest BCUT2D eigenvalue weighted by molar-refractivity contribution is 5.78. The molecule has 1 saturated carbocycles. The lowest BCUT2D eigenvalue weighted by Gasteiger charge is -2.35. The molecule has 0 atom stereocenters. The van der Waals surface area contributed by atoms with Gasteiger partial charge in [-0.15, -0.1) is 5.10 Å². The third-order valence-corrected chi connectivity index (χ3v) is 7.37. The number of aromatic nitrogens is 4. The molecule has 0 spiro atoms. The van der Waals surface area contributed by atoms with E-state index in [2.05, 4.69) is 15.1 Å². The van der Waals surface area contributed by atoms with E-state index in [-0.39, 0.29) is 24.0 Å². The third kappa shape index (κ3) is 5.92. The Bertz CT molecular complexity index is 1070. The molecule has 1 aliphatic heterocycles. The van der Waals surface area contributed by atoms with E-state index in [0.29, 0.717) is 61.9 Å². The molecule has 1 saturated heterocycles. The maximum absolute atomic E-state index is 13.0. The molecule has 192 valence electrons. The molecule has 3 heterocycles. The lowest BCUT2D eigenvalue weighted by Crippen LogP contribution is -2.50. The van der Waals surface area contributed by atoms with Gasteiger partial charge in [0.15, 0.2) is 0 Å². The number of halogens is 3. The average Bonchev–Trinajstić information content (AvgIpc) is 3.28. The fourth-order valence-corrected chi connectivity index (χ4v) is 5.25. The maximum atomic E-state index is 13.0. The number of piperazine rings is 1. The summed E-state index contributed by atoms with van der Waals surface area (Å²) in [7, 11) is 0. The summed E-state index contributed by atoms with van der Waals surface area (Å²) < 4.78 is 40.0. The van der Waals surface area contributed by atoms with Crippen LogP contribution in [0.3, 0.4) is 0 Å². The Morgan fingerprint density at radius 2 is 1.51 bits per heavy atom. The molecule has 2 amide bonds. The highest BCUT2D eigenvalue weighted by Gasteiger charge is 2.37. The van der Waals surface area contributed by atoms with E-state index >= 15 is 0 Å². The largest absolute Gasteiger partial charge is 0.453 e. The smallest absolute Gasteiger partial charge is 0.339 e. The van der Waals surface area contributed by atoms with Crippen LogP contribution in [0.15, 0.2) is 0 Å². The van der Waals surface area contributed by atoms with E-state index in [1.54, 1.807) is 18.7 Å². The molecule has 1 aliphatic carbocycles. The molecular weight excluding hydrogens is 461 g/mol. The minimum atomic E-state index is -4.65. The molecule has 0 radical (unpaired) electrons. The molecule has 8 nitrogen and oxygen atoms in total. The molecule has 2 fully saturated rings. The molecule has 0 unspecified atom stereocenters. The minimum absolute atomic E-state index is 0.0345. The Kier molecular flexibility index (Phi) is 7.61. The van der Waals surface area contributed by atoms with Gasteiger partial charge in [-0.3, -0.25) is 9.59 Å². The normalized spacial score (nSPS) is 17.9. The van der Waals surface area contributed by atoms with Crippen LogP contribution < -0.4 is 0 Å². The summed E-state index contributed by atoms with van der Waals surface area (Å²) in [6.45, 7) is 5.45. The lowest BCUT2D eigenvalue weighted by molar-refractivity contribution is -0.144. The van der Waals surface area contributed by atoms with Crippen molar-refractivity contribution in [2.45, 2.75) is 77.8 Å². The lowest BCUT2D eigenvalue weighted by atomic mass is 9.86. The van der Waals surface area contributed by atoms with Crippen LogP contribution in [0.2, 0.25) is 0 Å². The van der Waals surface area contributed by atoms with E-state index in [1.165, 1.54) is 32.1 Å². The van der Waals surface area contributed by atoms with Crippen LogP contribution in [-0.2, 0) is 22.2 Å². The van der Waals surface area contributed by atoms with Gasteiger partial charge in [0.1, 0.15) is 0 Å². The average molecular weight is 495 g/mol. The Labute approximate surface area is 202 Å². The molecule has 35 heavy (non-hydrogen) atoms. The topological polar surface area (TPSA) is 83.7 Å².